The zero-order chi connectivity index (χ0) is 16.8. The highest BCUT2D eigenvalue weighted by atomic mass is 32.2. The number of carbonyl (C=O) groups is 1. The molecule has 1 atom stereocenters. The van der Waals surface area contributed by atoms with Gasteiger partial charge in [-0.15, -0.1) is 0 Å². The van der Waals surface area contributed by atoms with Crippen molar-refractivity contribution < 1.29 is 18.3 Å². The van der Waals surface area contributed by atoms with Crippen molar-refractivity contribution in [1.29, 1.82) is 0 Å². The van der Waals surface area contributed by atoms with Crippen LogP contribution in [0, 0.1) is 0 Å². The molecular formula is C15H18F2N2O2S2. The molecule has 1 N–H and O–H groups in total. The van der Waals surface area contributed by atoms with Crippen LogP contribution in [0.15, 0.2) is 24.3 Å². The number of likely N-dealkylation sites (tertiary alicyclic amines) is 1. The molecule has 1 fully saturated rings. The van der Waals surface area contributed by atoms with E-state index in [0.29, 0.717) is 4.32 Å². The predicted octanol–water partition coefficient (Wildman–Crippen LogP) is 3.73. The molecule has 1 aliphatic rings. The summed E-state index contributed by atoms with van der Waals surface area (Å²) in [5.74, 6) is -0.364. The molecule has 0 unspecified atom stereocenters. The fraction of sp³-hybridized carbons (Fsp3) is 0.467. The fourth-order valence-corrected chi connectivity index (χ4v) is 3.60. The third kappa shape index (κ3) is 5.31. The molecule has 1 aromatic rings. The first kappa shape index (κ1) is 17.9. The lowest BCUT2D eigenvalue weighted by molar-refractivity contribution is -0.115. The maximum atomic E-state index is 12.4. The van der Waals surface area contributed by atoms with Crippen molar-refractivity contribution in [2.45, 2.75) is 31.6 Å². The summed E-state index contributed by atoms with van der Waals surface area (Å²) in [6.45, 7) is 0.637. The normalized spacial score (nSPS) is 15.6. The summed E-state index contributed by atoms with van der Waals surface area (Å²) >= 11 is 6.64. The van der Waals surface area contributed by atoms with E-state index in [4.69, 9.17) is 12.2 Å². The zero-order valence-corrected chi connectivity index (χ0v) is 14.3. The summed E-state index contributed by atoms with van der Waals surface area (Å²) in [6, 6.07) is 6.11. The molecular weight excluding hydrogens is 342 g/mol. The van der Waals surface area contributed by atoms with E-state index in [9.17, 15) is 13.6 Å². The zero-order valence-electron chi connectivity index (χ0n) is 12.6. The number of alkyl halides is 2. The second-order valence-corrected chi connectivity index (χ2v) is 7.06. The molecule has 0 radical (unpaired) electrons. The number of rotatable bonds is 5. The Morgan fingerprint density at radius 1 is 1.35 bits per heavy atom. The van der Waals surface area contributed by atoms with Crippen molar-refractivity contribution in [3.63, 3.8) is 0 Å². The van der Waals surface area contributed by atoms with E-state index in [0.717, 1.165) is 25.9 Å². The minimum absolute atomic E-state index is 0.0600. The van der Waals surface area contributed by atoms with Crippen molar-refractivity contribution in [1.82, 2.24) is 4.90 Å². The summed E-state index contributed by atoms with van der Waals surface area (Å²) in [5, 5.41) is 2.19. The van der Waals surface area contributed by atoms with Crippen molar-refractivity contribution in [3.8, 4) is 5.75 Å². The number of halogens is 2. The van der Waals surface area contributed by atoms with Crippen molar-refractivity contribution >= 4 is 39.9 Å². The second kappa shape index (κ2) is 8.44. The number of carbonyl (C=O) groups excluding carboxylic acids is 1. The maximum Gasteiger partial charge on any atom is 0.387 e. The van der Waals surface area contributed by atoms with Gasteiger partial charge in [0.05, 0.1) is 10.9 Å². The Bertz CT molecular complexity index is 566. The molecule has 23 heavy (non-hydrogen) atoms. The second-order valence-electron chi connectivity index (χ2n) is 5.08. The number of hydrogen-bond donors (Lipinski definition) is 1. The van der Waals surface area contributed by atoms with Gasteiger partial charge in [0, 0.05) is 13.1 Å². The van der Waals surface area contributed by atoms with E-state index in [1.165, 1.54) is 23.9 Å². The summed E-state index contributed by atoms with van der Waals surface area (Å²) in [4.78, 5) is 14.3. The number of thiocarbonyl (C=S) groups is 1. The Hall–Kier alpha value is -1.41. The van der Waals surface area contributed by atoms with Gasteiger partial charge < -0.3 is 15.0 Å². The van der Waals surface area contributed by atoms with Gasteiger partial charge in [-0.3, -0.25) is 4.79 Å². The number of amides is 1. The van der Waals surface area contributed by atoms with Gasteiger partial charge in [-0.2, -0.15) is 8.78 Å². The summed E-state index contributed by atoms with van der Waals surface area (Å²) in [6.07, 6.45) is 2.22. The lowest BCUT2D eigenvalue weighted by atomic mass is 10.3. The molecule has 0 spiro atoms. The van der Waals surface area contributed by atoms with Crippen molar-refractivity contribution in [2.75, 3.05) is 18.4 Å². The third-order valence-corrected chi connectivity index (χ3v) is 4.95. The monoisotopic (exact) mass is 360 g/mol. The summed E-state index contributed by atoms with van der Waals surface area (Å²) in [5.41, 5.74) is 0.220. The van der Waals surface area contributed by atoms with E-state index in [1.807, 2.05) is 0 Å². The first-order chi connectivity index (χ1) is 11.0. The number of ether oxygens (including phenoxy) is 1. The van der Waals surface area contributed by atoms with Gasteiger partial charge >= 0.3 is 6.61 Å². The Kier molecular flexibility index (Phi) is 6.59. The Labute approximate surface area is 143 Å². The smallest absolute Gasteiger partial charge is 0.387 e. The average Bonchev–Trinajstić information content (AvgIpc) is 3.03. The largest absolute Gasteiger partial charge is 0.433 e. The third-order valence-electron chi connectivity index (χ3n) is 3.37. The molecule has 1 amide bonds. The molecule has 0 bridgehead atoms. The first-order valence-electron chi connectivity index (χ1n) is 7.27. The first-order valence-corrected chi connectivity index (χ1v) is 8.56. The predicted molar refractivity (Wildman–Crippen MR) is 92.2 cm³/mol. The van der Waals surface area contributed by atoms with Gasteiger partial charge in [-0.25, -0.2) is 0 Å². The van der Waals surface area contributed by atoms with E-state index in [2.05, 4.69) is 15.0 Å². The van der Waals surface area contributed by atoms with Crippen LogP contribution in [0.4, 0.5) is 14.5 Å². The topological polar surface area (TPSA) is 41.6 Å². The molecule has 0 aromatic heterocycles. The van der Waals surface area contributed by atoms with Crippen LogP contribution in [0.25, 0.3) is 0 Å². The number of anilines is 1. The standard InChI is InChI=1S/C15H18F2N2O2S2/c1-10(23-15(22)19-8-4-5-9-19)13(20)18-11-6-2-3-7-12(11)21-14(16)17/h2-3,6-7,10,14H,4-5,8-9H2,1H3,(H,18,20)/t10-/m0/s1. The molecule has 1 heterocycles. The van der Waals surface area contributed by atoms with Crippen LogP contribution in [0.2, 0.25) is 0 Å². The summed E-state index contributed by atoms with van der Waals surface area (Å²) in [7, 11) is 0. The molecule has 0 aliphatic carbocycles. The van der Waals surface area contributed by atoms with Crippen LogP contribution < -0.4 is 10.1 Å². The van der Waals surface area contributed by atoms with E-state index in [-0.39, 0.29) is 17.3 Å². The van der Waals surface area contributed by atoms with Crippen molar-refractivity contribution in [3.05, 3.63) is 24.3 Å². The van der Waals surface area contributed by atoms with Crippen molar-refractivity contribution in [2.24, 2.45) is 0 Å². The lowest BCUT2D eigenvalue weighted by Gasteiger charge is -2.20. The fourth-order valence-electron chi connectivity index (χ4n) is 2.18. The number of hydrogen-bond acceptors (Lipinski definition) is 4. The molecule has 4 nitrogen and oxygen atoms in total. The Balaban J connectivity index is 1.94. The molecule has 1 aromatic carbocycles. The minimum atomic E-state index is -2.94. The van der Waals surface area contributed by atoms with Gasteiger partial charge in [-0.1, -0.05) is 36.1 Å². The van der Waals surface area contributed by atoms with Gasteiger partial charge in [0.2, 0.25) is 5.91 Å². The molecule has 1 saturated heterocycles. The molecule has 1 aliphatic heterocycles. The maximum absolute atomic E-state index is 12.4. The number of para-hydroxylation sites is 2. The highest BCUT2D eigenvalue weighted by Crippen LogP contribution is 2.27. The Morgan fingerprint density at radius 3 is 2.65 bits per heavy atom. The number of nitrogens with one attached hydrogen (secondary N) is 1. The van der Waals surface area contributed by atoms with Crippen LogP contribution in [0.5, 0.6) is 5.75 Å². The average molecular weight is 360 g/mol. The van der Waals surface area contributed by atoms with E-state index < -0.39 is 11.9 Å². The molecule has 8 heteroatoms. The minimum Gasteiger partial charge on any atom is -0.433 e. The number of benzene rings is 1. The van der Waals surface area contributed by atoms with Gasteiger partial charge in [0.1, 0.15) is 10.1 Å². The van der Waals surface area contributed by atoms with Gasteiger partial charge in [0.25, 0.3) is 0 Å². The van der Waals surface area contributed by atoms with Crippen LogP contribution in [-0.2, 0) is 4.79 Å². The SMILES string of the molecule is C[C@H](SC(=S)N1CCCC1)C(=O)Nc1ccccc1OC(F)F. The highest BCUT2D eigenvalue weighted by Gasteiger charge is 2.22. The summed E-state index contributed by atoms with van der Waals surface area (Å²) < 4.78 is 29.9. The van der Waals surface area contributed by atoms with Crippen LogP contribution in [0.1, 0.15) is 19.8 Å². The van der Waals surface area contributed by atoms with Gasteiger partial charge in [0.15, 0.2) is 0 Å². The number of nitrogens with zero attached hydrogens (tertiary/aromatic N) is 1. The van der Waals surface area contributed by atoms with E-state index >= 15 is 0 Å². The molecule has 0 saturated carbocycles. The van der Waals surface area contributed by atoms with Gasteiger partial charge in [-0.05, 0) is 31.9 Å². The lowest BCUT2D eigenvalue weighted by Crippen LogP contribution is -2.29. The Morgan fingerprint density at radius 2 is 2.00 bits per heavy atom. The molecule has 2 rings (SSSR count). The van der Waals surface area contributed by atoms with Crippen LogP contribution in [0.3, 0.4) is 0 Å². The van der Waals surface area contributed by atoms with Crippen LogP contribution in [-0.4, -0.2) is 40.1 Å². The number of thioether (sulfide) groups is 1. The molecule has 126 valence electrons. The quantitative estimate of drug-likeness (QED) is 0.811. The van der Waals surface area contributed by atoms with E-state index in [1.54, 1.807) is 19.1 Å². The highest BCUT2D eigenvalue weighted by molar-refractivity contribution is 8.23. The van der Waals surface area contributed by atoms with Crippen LogP contribution >= 0.6 is 24.0 Å².